The fraction of sp³-hybridized carbons (Fsp3) is 0.600. The average Bonchev–Trinajstić information content (AvgIpc) is 2.38. The lowest BCUT2D eigenvalue weighted by molar-refractivity contribution is 0.345. The molecule has 1 heterocycles. The second-order valence-corrected chi connectivity index (χ2v) is 6.47. The number of hydrogen-bond acceptors (Lipinski definition) is 2. The Morgan fingerprint density at radius 3 is 2.67 bits per heavy atom. The summed E-state index contributed by atoms with van der Waals surface area (Å²) in [4.78, 5) is 0. The van der Waals surface area contributed by atoms with Crippen LogP contribution in [-0.2, 0) is 0 Å². The van der Waals surface area contributed by atoms with E-state index in [-0.39, 0.29) is 5.82 Å². The van der Waals surface area contributed by atoms with Crippen LogP contribution >= 0.6 is 0 Å². The minimum atomic E-state index is -0.141. The lowest BCUT2D eigenvalue weighted by atomic mass is 9.87. The first-order valence-corrected chi connectivity index (χ1v) is 6.66. The molecule has 0 saturated heterocycles. The predicted octanol–water partition coefficient (Wildman–Crippen LogP) is 4.17. The fourth-order valence-corrected chi connectivity index (χ4v) is 2.51. The van der Waals surface area contributed by atoms with Crippen LogP contribution in [0.3, 0.4) is 0 Å². The molecule has 100 valence electrons. The van der Waals surface area contributed by atoms with Gasteiger partial charge in [-0.2, -0.15) is 0 Å². The van der Waals surface area contributed by atoms with Gasteiger partial charge in [0.15, 0.2) is 0 Å². The van der Waals surface area contributed by atoms with Gasteiger partial charge in [0.1, 0.15) is 5.82 Å². The molecule has 1 atom stereocenters. The van der Waals surface area contributed by atoms with E-state index in [0.29, 0.717) is 17.0 Å². The Balaban J connectivity index is 2.21. The van der Waals surface area contributed by atoms with Crippen molar-refractivity contribution in [2.45, 2.75) is 46.6 Å². The first-order chi connectivity index (χ1) is 8.35. The predicted molar refractivity (Wildman–Crippen MR) is 75.7 cm³/mol. The van der Waals surface area contributed by atoms with Gasteiger partial charge in [-0.1, -0.05) is 20.8 Å². The van der Waals surface area contributed by atoms with Crippen LogP contribution in [0.2, 0.25) is 0 Å². The Bertz CT molecular complexity index is 435. The average molecular weight is 250 g/mol. The van der Waals surface area contributed by atoms with Crippen molar-refractivity contribution >= 4 is 11.4 Å². The van der Waals surface area contributed by atoms with E-state index in [1.165, 1.54) is 0 Å². The Morgan fingerprint density at radius 2 is 2.00 bits per heavy atom. The van der Waals surface area contributed by atoms with Crippen LogP contribution in [0.15, 0.2) is 12.1 Å². The molecule has 0 aliphatic carbocycles. The molecule has 0 aromatic heterocycles. The van der Waals surface area contributed by atoms with E-state index < -0.39 is 0 Å². The Labute approximate surface area is 109 Å². The van der Waals surface area contributed by atoms with E-state index in [1.54, 1.807) is 13.0 Å². The summed E-state index contributed by atoms with van der Waals surface area (Å²) in [6.45, 7) is 9.46. The zero-order chi connectivity index (χ0) is 13.3. The van der Waals surface area contributed by atoms with E-state index in [1.807, 2.05) is 6.07 Å². The number of aryl methyl sites for hydroxylation is 1. The molecule has 2 nitrogen and oxygen atoms in total. The zero-order valence-corrected chi connectivity index (χ0v) is 11.7. The van der Waals surface area contributed by atoms with Gasteiger partial charge in [0.25, 0.3) is 0 Å². The Morgan fingerprint density at radius 1 is 1.28 bits per heavy atom. The van der Waals surface area contributed by atoms with Gasteiger partial charge in [0.2, 0.25) is 0 Å². The van der Waals surface area contributed by atoms with Crippen LogP contribution in [0, 0.1) is 18.2 Å². The third-order valence-electron chi connectivity index (χ3n) is 3.33. The zero-order valence-electron chi connectivity index (χ0n) is 11.7. The summed E-state index contributed by atoms with van der Waals surface area (Å²) in [7, 11) is 0. The van der Waals surface area contributed by atoms with E-state index in [0.717, 1.165) is 30.8 Å². The van der Waals surface area contributed by atoms with Crippen molar-refractivity contribution in [3.8, 4) is 0 Å². The molecule has 1 aromatic carbocycles. The first kappa shape index (κ1) is 13.2. The number of rotatable bonds is 1. The van der Waals surface area contributed by atoms with E-state index in [4.69, 9.17) is 0 Å². The molecule has 0 saturated carbocycles. The lowest BCUT2D eigenvalue weighted by Gasteiger charge is -2.26. The normalized spacial score (nSPS) is 19.5. The largest absolute Gasteiger partial charge is 0.383 e. The maximum Gasteiger partial charge on any atom is 0.128 e. The van der Waals surface area contributed by atoms with Crippen LogP contribution < -0.4 is 10.6 Å². The van der Waals surface area contributed by atoms with Crippen molar-refractivity contribution in [3.05, 3.63) is 23.5 Å². The van der Waals surface area contributed by atoms with Crippen LogP contribution in [0.5, 0.6) is 0 Å². The standard InChI is InChI=1S/C15H23FN2/c1-10-7-14-13(8-12(10)16)17-6-5-11(18-14)9-15(2,3)4/h7-8,11,17-18H,5-6,9H2,1-4H3. The number of anilines is 2. The third kappa shape index (κ3) is 3.15. The molecule has 0 spiro atoms. The number of hydrogen-bond donors (Lipinski definition) is 2. The van der Waals surface area contributed by atoms with Crippen molar-refractivity contribution in [3.63, 3.8) is 0 Å². The van der Waals surface area contributed by atoms with E-state index in [9.17, 15) is 4.39 Å². The van der Waals surface area contributed by atoms with Crippen LogP contribution in [-0.4, -0.2) is 12.6 Å². The second-order valence-electron chi connectivity index (χ2n) is 6.47. The molecule has 1 aromatic rings. The second kappa shape index (κ2) is 4.79. The highest BCUT2D eigenvalue weighted by Crippen LogP contribution is 2.32. The van der Waals surface area contributed by atoms with Gasteiger partial charge >= 0.3 is 0 Å². The van der Waals surface area contributed by atoms with Crippen molar-refractivity contribution < 1.29 is 4.39 Å². The summed E-state index contributed by atoms with van der Waals surface area (Å²) in [6, 6.07) is 3.94. The molecular formula is C15H23FN2. The van der Waals surface area contributed by atoms with E-state index >= 15 is 0 Å². The topological polar surface area (TPSA) is 24.1 Å². The highest BCUT2D eigenvalue weighted by molar-refractivity contribution is 5.71. The molecule has 0 fully saturated rings. The summed E-state index contributed by atoms with van der Waals surface area (Å²) in [5.74, 6) is -0.141. The number of fused-ring (bicyclic) bond motifs is 1. The van der Waals surface area contributed by atoms with Crippen molar-refractivity contribution in [1.82, 2.24) is 0 Å². The highest BCUT2D eigenvalue weighted by atomic mass is 19.1. The summed E-state index contributed by atoms with van der Waals surface area (Å²) < 4.78 is 13.5. The molecule has 0 radical (unpaired) electrons. The fourth-order valence-electron chi connectivity index (χ4n) is 2.51. The maximum atomic E-state index is 13.5. The lowest BCUT2D eigenvalue weighted by Crippen LogP contribution is -2.26. The molecule has 1 aliphatic heterocycles. The number of halogens is 1. The van der Waals surface area contributed by atoms with Crippen LogP contribution in [0.4, 0.5) is 15.8 Å². The van der Waals surface area contributed by atoms with Gasteiger partial charge in [-0.15, -0.1) is 0 Å². The SMILES string of the molecule is Cc1cc2c(cc1F)NCCC(CC(C)(C)C)N2. The van der Waals surface area contributed by atoms with Crippen molar-refractivity contribution in [2.75, 3.05) is 17.2 Å². The molecule has 18 heavy (non-hydrogen) atoms. The summed E-state index contributed by atoms with van der Waals surface area (Å²) in [5.41, 5.74) is 2.91. The maximum absolute atomic E-state index is 13.5. The monoisotopic (exact) mass is 250 g/mol. The molecule has 2 N–H and O–H groups in total. The summed E-state index contributed by atoms with van der Waals surface area (Å²) in [5, 5.41) is 6.86. The Kier molecular flexibility index (Phi) is 3.51. The Hall–Kier alpha value is -1.25. The highest BCUT2D eigenvalue weighted by Gasteiger charge is 2.22. The first-order valence-electron chi connectivity index (χ1n) is 6.66. The minimum absolute atomic E-state index is 0.141. The van der Waals surface area contributed by atoms with Gasteiger partial charge in [0, 0.05) is 12.6 Å². The number of nitrogens with one attached hydrogen (secondary N) is 2. The third-order valence-corrected chi connectivity index (χ3v) is 3.33. The molecule has 2 rings (SSSR count). The van der Waals surface area contributed by atoms with Crippen molar-refractivity contribution in [2.24, 2.45) is 5.41 Å². The van der Waals surface area contributed by atoms with Crippen LogP contribution in [0.1, 0.15) is 39.2 Å². The van der Waals surface area contributed by atoms with Gasteiger partial charge < -0.3 is 10.6 Å². The van der Waals surface area contributed by atoms with Crippen molar-refractivity contribution in [1.29, 1.82) is 0 Å². The summed E-state index contributed by atoms with van der Waals surface area (Å²) in [6.07, 6.45) is 2.18. The molecular weight excluding hydrogens is 227 g/mol. The molecule has 1 aliphatic rings. The smallest absolute Gasteiger partial charge is 0.128 e. The minimum Gasteiger partial charge on any atom is -0.383 e. The molecule has 3 heteroatoms. The molecule has 0 bridgehead atoms. The molecule has 1 unspecified atom stereocenters. The van der Waals surface area contributed by atoms with Gasteiger partial charge in [-0.25, -0.2) is 4.39 Å². The van der Waals surface area contributed by atoms with Crippen LogP contribution in [0.25, 0.3) is 0 Å². The van der Waals surface area contributed by atoms with Gasteiger partial charge in [-0.05, 0) is 42.9 Å². The molecule has 0 amide bonds. The quantitative estimate of drug-likeness (QED) is 0.781. The van der Waals surface area contributed by atoms with Gasteiger partial charge in [-0.3, -0.25) is 0 Å². The van der Waals surface area contributed by atoms with E-state index in [2.05, 4.69) is 31.4 Å². The summed E-state index contributed by atoms with van der Waals surface area (Å²) >= 11 is 0. The number of benzene rings is 1. The van der Waals surface area contributed by atoms with Gasteiger partial charge in [0.05, 0.1) is 11.4 Å².